The van der Waals surface area contributed by atoms with Gasteiger partial charge in [-0.1, -0.05) is 11.6 Å². The molecule has 2 aromatic rings. The molecule has 90 valence electrons. The van der Waals surface area contributed by atoms with Crippen molar-refractivity contribution >= 4 is 17.4 Å². The molecule has 0 aliphatic carbocycles. The van der Waals surface area contributed by atoms with Gasteiger partial charge >= 0.3 is 0 Å². The molecule has 17 heavy (non-hydrogen) atoms. The molecule has 0 atom stereocenters. The maximum Gasteiger partial charge on any atom is 0.133 e. The van der Waals surface area contributed by atoms with E-state index in [1.54, 1.807) is 12.4 Å². The Morgan fingerprint density at radius 1 is 1.41 bits per heavy atom. The number of hydrogen-bond acceptors (Lipinski definition) is 3. The van der Waals surface area contributed by atoms with E-state index in [0.29, 0.717) is 10.8 Å². The summed E-state index contributed by atoms with van der Waals surface area (Å²) in [5, 5.41) is 4.87. The van der Waals surface area contributed by atoms with E-state index in [0.717, 1.165) is 16.8 Å². The fraction of sp³-hybridized carbons (Fsp3) is 0.333. The number of halogens is 1. The predicted molar refractivity (Wildman–Crippen MR) is 70.0 cm³/mol. The minimum Gasteiger partial charge on any atom is -0.383 e. The third-order valence-corrected chi connectivity index (χ3v) is 2.94. The smallest absolute Gasteiger partial charge is 0.133 e. The van der Waals surface area contributed by atoms with Crippen molar-refractivity contribution in [2.75, 3.05) is 5.73 Å². The maximum atomic E-state index is 6.20. The highest BCUT2D eigenvalue weighted by atomic mass is 35.5. The molecular formula is C12H15ClN4. The van der Waals surface area contributed by atoms with Crippen molar-refractivity contribution < 1.29 is 0 Å². The Kier molecular flexibility index (Phi) is 3.07. The van der Waals surface area contributed by atoms with E-state index in [2.05, 4.69) is 23.9 Å². The fourth-order valence-electron chi connectivity index (χ4n) is 1.85. The van der Waals surface area contributed by atoms with Crippen molar-refractivity contribution in [3.05, 3.63) is 29.0 Å². The van der Waals surface area contributed by atoms with E-state index >= 15 is 0 Å². The van der Waals surface area contributed by atoms with Gasteiger partial charge in [0.05, 0.1) is 16.9 Å². The van der Waals surface area contributed by atoms with Crippen molar-refractivity contribution in [3.8, 4) is 11.3 Å². The van der Waals surface area contributed by atoms with Gasteiger partial charge in [0.2, 0.25) is 0 Å². The molecule has 5 heteroatoms. The van der Waals surface area contributed by atoms with Gasteiger partial charge in [-0.2, -0.15) is 5.10 Å². The predicted octanol–water partition coefficient (Wildman–Crippen LogP) is 3.07. The first kappa shape index (κ1) is 11.9. The first-order valence-corrected chi connectivity index (χ1v) is 5.84. The van der Waals surface area contributed by atoms with Crippen LogP contribution in [0.3, 0.4) is 0 Å². The number of pyridine rings is 1. The normalized spacial score (nSPS) is 11.1. The second-order valence-electron chi connectivity index (χ2n) is 4.27. The Labute approximate surface area is 105 Å². The molecule has 2 heterocycles. The first-order valence-electron chi connectivity index (χ1n) is 5.46. The molecule has 2 N–H and O–H groups in total. The second-order valence-corrected chi connectivity index (χ2v) is 4.67. The van der Waals surface area contributed by atoms with Crippen molar-refractivity contribution in [2.45, 2.75) is 26.8 Å². The van der Waals surface area contributed by atoms with Crippen LogP contribution in [0.1, 0.15) is 25.5 Å². The molecule has 0 radical (unpaired) electrons. The van der Waals surface area contributed by atoms with Gasteiger partial charge in [0.25, 0.3) is 0 Å². The number of anilines is 1. The molecule has 0 saturated heterocycles. The lowest BCUT2D eigenvalue weighted by Crippen LogP contribution is -2.07. The van der Waals surface area contributed by atoms with Crippen LogP contribution in [0.5, 0.6) is 0 Å². The van der Waals surface area contributed by atoms with Gasteiger partial charge in [-0.3, -0.25) is 4.68 Å². The first-order chi connectivity index (χ1) is 8.02. The van der Waals surface area contributed by atoms with Gasteiger partial charge < -0.3 is 5.73 Å². The number of aromatic nitrogens is 3. The Balaban J connectivity index is 2.72. The van der Waals surface area contributed by atoms with Crippen LogP contribution in [0.4, 0.5) is 5.82 Å². The molecular weight excluding hydrogens is 236 g/mol. The topological polar surface area (TPSA) is 56.7 Å². The Morgan fingerprint density at radius 3 is 2.71 bits per heavy atom. The van der Waals surface area contributed by atoms with E-state index in [-0.39, 0.29) is 6.04 Å². The average Bonchev–Trinajstić information content (AvgIpc) is 2.61. The highest BCUT2D eigenvalue weighted by molar-refractivity contribution is 6.33. The van der Waals surface area contributed by atoms with Crippen molar-refractivity contribution in [2.24, 2.45) is 0 Å². The van der Waals surface area contributed by atoms with Crippen LogP contribution in [0.2, 0.25) is 5.02 Å². The zero-order chi connectivity index (χ0) is 12.6. The minimum atomic E-state index is 0.219. The fourth-order valence-corrected chi connectivity index (χ4v) is 2.08. The molecule has 2 aromatic heterocycles. The van der Waals surface area contributed by atoms with Gasteiger partial charge in [0.1, 0.15) is 5.82 Å². The molecule has 0 unspecified atom stereocenters. The monoisotopic (exact) mass is 250 g/mol. The summed E-state index contributed by atoms with van der Waals surface area (Å²) in [5.41, 5.74) is 8.69. The molecule has 0 aliphatic heterocycles. The van der Waals surface area contributed by atoms with Crippen molar-refractivity contribution in [1.29, 1.82) is 0 Å². The van der Waals surface area contributed by atoms with Crippen LogP contribution >= 0.6 is 11.6 Å². The number of rotatable bonds is 2. The summed E-state index contributed by atoms with van der Waals surface area (Å²) in [4.78, 5) is 4.12. The molecule has 2 rings (SSSR count). The molecule has 0 amide bonds. The Hall–Kier alpha value is -1.55. The van der Waals surface area contributed by atoms with E-state index in [4.69, 9.17) is 17.3 Å². The van der Waals surface area contributed by atoms with Crippen molar-refractivity contribution in [3.63, 3.8) is 0 Å². The molecule has 0 aliphatic rings. The van der Waals surface area contributed by atoms with Gasteiger partial charge in [0.15, 0.2) is 0 Å². The molecule has 0 fully saturated rings. The van der Waals surface area contributed by atoms with E-state index < -0.39 is 0 Å². The van der Waals surface area contributed by atoms with Crippen LogP contribution in [-0.2, 0) is 0 Å². The van der Waals surface area contributed by atoms with Gasteiger partial charge in [0, 0.05) is 17.8 Å². The van der Waals surface area contributed by atoms with Gasteiger partial charge in [-0.15, -0.1) is 0 Å². The molecule has 0 spiro atoms. The number of nitrogen functional groups attached to an aromatic ring is 1. The third-order valence-electron chi connectivity index (χ3n) is 2.67. The standard InChI is InChI=1S/C12H15ClN4/c1-7(2)17-11(9(13)6-16-17)10-8(3)4-5-15-12(10)14/h4-7H,1-3H3,(H2,14,15). The minimum absolute atomic E-state index is 0.219. The average molecular weight is 251 g/mol. The number of nitrogens with two attached hydrogens (primary N) is 1. The summed E-state index contributed by atoms with van der Waals surface area (Å²) in [6.45, 7) is 6.09. The summed E-state index contributed by atoms with van der Waals surface area (Å²) in [5.74, 6) is 0.481. The van der Waals surface area contributed by atoms with E-state index in [1.807, 2.05) is 17.7 Å². The quantitative estimate of drug-likeness (QED) is 0.891. The third kappa shape index (κ3) is 2.00. The summed E-state index contributed by atoms with van der Waals surface area (Å²) in [6.07, 6.45) is 3.33. The van der Waals surface area contributed by atoms with Crippen LogP contribution in [0.15, 0.2) is 18.5 Å². The summed E-state index contributed by atoms with van der Waals surface area (Å²) >= 11 is 6.20. The Bertz CT molecular complexity index is 525. The lowest BCUT2D eigenvalue weighted by atomic mass is 10.1. The van der Waals surface area contributed by atoms with Crippen LogP contribution in [0.25, 0.3) is 11.3 Å². The van der Waals surface area contributed by atoms with E-state index in [1.165, 1.54) is 0 Å². The van der Waals surface area contributed by atoms with Gasteiger partial charge in [-0.05, 0) is 32.4 Å². The maximum absolute atomic E-state index is 6.20. The molecule has 0 aromatic carbocycles. The number of nitrogens with zero attached hydrogens (tertiary/aromatic N) is 3. The van der Waals surface area contributed by atoms with E-state index in [9.17, 15) is 0 Å². The highest BCUT2D eigenvalue weighted by Crippen LogP contribution is 2.34. The second kappa shape index (κ2) is 4.37. The number of hydrogen-bond donors (Lipinski definition) is 1. The molecule has 0 saturated carbocycles. The number of aryl methyl sites for hydroxylation is 1. The SMILES string of the molecule is Cc1ccnc(N)c1-c1c(Cl)cnn1C(C)C. The van der Waals surface area contributed by atoms with Crippen LogP contribution in [-0.4, -0.2) is 14.8 Å². The van der Waals surface area contributed by atoms with Crippen molar-refractivity contribution in [1.82, 2.24) is 14.8 Å². The molecule has 4 nitrogen and oxygen atoms in total. The zero-order valence-corrected chi connectivity index (χ0v) is 10.9. The summed E-state index contributed by atoms with van der Waals surface area (Å²) in [6, 6.07) is 2.14. The van der Waals surface area contributed by atoms with Gasteiger partial charge in [-0.25, -0.2) is 4.98 Å². The molecule has 0 bridgehead atoms. The lowest BCUT2D eigenvalue weighted by molar-refractivity contribution is 0.538. The largest absolute Gasteiger partial charge is 0.383 e. The lowest BCUT2D eigenvalue weighted by Gasteiger charge is -2.14. The highest BCUT2D eigenvalue weighted by Gasteiger charge is 2.18. The zero-order valence-electron chi connectivity index (χ0n) is 10.1. The van der Waals surface area contributed by atoms with Crippen LogP contribution in [0, 0.1) is 6.92 Å². The summed E-state index contributed by atoms with van der Waals surface area (Å²) in [7, 11) is 0. The Morgan fingerprint density at radius 2 is 2.12 bits per heavy atom. The summed E-state index contributed by atoms with van der Waals surface area (Å²) < 4.78 is 1.86. The van der Waals surface area contributed by atoms with Crippen LogP contribution < -0.4 is 5.73 Å².